The van der Waals surface area contributed by atoms with Gasteiger partial charge >= 0.3 is 0 Å². The first-order chi connectivity index (χ1) is 21.2. The molecule has 2 bridgehead atoms. The molecule has 3 unspecified atom stereocenters. The average molecular weight is 614 g/mol. The molecule has 0 aliphatic carbocycles. The van der Waals surface area contributed by atoms with Gasteiger partial charge in [0.15, 0.2) is 0 Å². The Bertz CT molecular complexity index is 1540. The summed E-state index contributed by atoms with van der Waals surface area (Å²) < 4.78 is 4.71. The highest BCUT2D eigenvalue weighted by Crippen LogP contribution is 2.69. The van der Waals surface area contributed by atoms with Gasteiger partial charge in [-0.1, -0.05) is 55.5 Å². The summed E-state index contributed by atoms with van der Waals surface area (Å²) in [6.07, 6.45) is 0.714. The summed E-state index contributed by atoms with van der Waals surface area (Å²) in [7, 11) is 0. The van der Waals surface area contributed by atoms with Gasteiger partial charge in [0.25, 0.3) is 0 Å². The maximum atomic E-state index is 14.7. The number of amides is 3. The molecule has 3 amide bonds. The predicted molar refractivity (Wildman–Crippen MR) is 173 cm³/mol. The zero-order valence-corrected chi connectivity index (χ0v) is 26.3. The molecule has 6 rings (SSSR count). The van der Waals surface area contributed by atoms with Crippen LogP contribution in [0.25, 0.3) is 0 Å². The number of rotatable bonds is 9. The fourth-order valence-electron chi connectivity index (χ4n) is 7.65. The normalized spacial score (nSPS) is 27.6. The minimum atomic E-state index is -0.885. The van der Waals surface area contributed by atoms with Crippen LogP contribution >= 0.6 is 11.8 Å². The molecule has 7 atom stereocenters. The lowest BCUT2D eigenvalue weighted by molar-refractivity contribution is -0.141. The van der Waals surface area contributed by atoms with Gasteiger partial charge in [0.1, 0.15) is 11.8 Å². The van der Waals surface area contributed by atoms with Gasteiger partial charge in [-0.05, 0) is 74.1 Å². The Morgan fingerprint density at radius 1 is 1.00 bits per heavy atom. The van der Waals surface area contributed by atoms with Gasteiger partial charge in [0.05, 0.1) is 35.8 Å². The zero-order chi connectivity index (χ0) is 31.2. The van der Waals surface area contributed by atoms with E-state index in [1.54, 1.807) is 40.9 Å². The SMILES string of the molecule is CCOc1ccc(NC(=O)[C@@H]2[C@@H]3CC(C)C4(S3)C(C(=O)Nc3c(C)cccc3C)N([C@H](CO)c3ccccc3)C(=O)[C@H]24)cc1. The maximum absolute atomic E-state index is 14.7. The summed E-state index contributed by atoms with van der Waals surface area (Å²) in [5.41, 5.74) is 3.94. The van der Waals surface area contributed by atoms with Crippen LogP contribution in [0, 0.1) is 31.6 Å². The molecule has 44 heavy (non-hydrogen) atoms. The van der Waals surface area contributed by atoms with E-state index in [1.807, 2.05) is 69.3 Å². The van der Waals surface area contributed by atoms with Crippen molar-refractivity contribution in [3.05, 3.63) is 89.5 Å². The number of nitrogens with zero attached hydrogens (tertiary/aromatic N) is 1. The van der Waals surface area contributed by atoms with Gasteiger partial charge in [0.2, 0.25) is 17.7 Å². The van der Waals surface area contributed by atoms with Crippen molar-refractivity contribution < 1.29 is 24.2 Å². The molecule has 230 valence electrons. The number of hydrogen-bond donors (Lipinski definition) is 3. The summed E-state index contributed by atoms with van der Waals surface area (Å²) >= 11 is 1.61. The van der Waals surface area contributed by atoms with E-state index in [0.717, 1.165) is 22.4 Å². The topological polar surface area (TPSA) is 108 Å². The molecule has 3 aromatic carbocycles. The van der Waals surface area contributed by atoms with Gasteiger partial charge in [-0.25, -0.2) is 0 Å². The lowest BCUT2D eigenvalue weighted by Gasteiger charge is -2.40. The first kappa shape index (κ1) is 30.2. The summed E-state index contributed by atoms with van der Waals surface area (Å²) in [5, 5.41) is 16.8. The Hall–Kier alpha value is -3.82. The van der Waals surface area contributed by atoms with E-state index in [1.165, 1.54) is 0 Å². The number of benzene rings is 3. The lowest BCUT2D eigenvalue weighted by Crippen LogP contribution is -2.55. The maximum Gasteiger partial charge on any atom is 0.248 e. The smallest absolute Gasteiger partial charge is 0.248 e. The third kappa shape index (κ3) is 4.86. The monoisotopic (exact) mass is 613 g/mol. The highest BCUT2D eigenvalue weighted by atomic mass is 32.2. The third-order valence-corrected chi connectivity index (χ3v) is 11.7. The van der Waals surface area contributed by atoms with Crippen molar-refractivity contribution in [3.63, 3.8) is 0 Å². The summed E-state index contributed by atoms with van der Waals surface area (Å²) in [4.78, 5) is 44.8. The number of hydrogen-bond acceptors (Lipinski definition) is 6. The second-order valence-electron chi connectivity index (χ2n) is 12.1. The number of aryl methyl sites for hydroxylation is 2. The van der Waals surface area contributed by atoms with Gasteiger partial charge in [-0.2, -0.15) is 0 Å². The van der Waals surface area contributed by atoms with Crippen molar-refractivity contribution >= 4 is 40.9 Å². The molecule has 8 nitrogen and oxygen atoms in total. The van der Waals surface area contributed by atoms with Crippen LogP contribution in [0.1, 0.15) is 43.0 Å². The van der Waals surface area contributed by atoms with Crippen LogP contribution in [0.5, 0.6) is 5.75 Å². The van der Waals surface area contributed by atoms with Crippen molar-refractivity contribution in [2.45, 2.75) is 56.2 Å². The Kier molecular flexibility index (Phi) is 8.20. The predicted octanol–water partition coefficient (Wildman–Crippen LogP) is 5.35. The van der Waals surface area contributed by atoms with Gasteiger partial charge in [0, 0.05) is 16.6 Å². The number of carbonyl (C=O) groups is 3. The first-order valence-corrected chi connectivity index (χ1v) is 16.2. The number of likely N-dealkylation sites (tertiary alicyclic amines) is 1. The molecule has 1 spiro atoms. The van der Waals surface area contributed by atoms with Crippen molar-refractivity contribution in [2.24, 2.45) is 17.8 Å². The largest absolute Gasteiger partial charge is 0.494 e. The van der Waals surface area contributed by atoms with Gasteiger partial charge < -0.3 is 25.4 Å². The van der Waals surface area contributed by atoms with Crippen molar-refractivity contribution in [1.82, 2.24) is 4.90 Å². The molecule has 9 heteroatoms. The standard InChI is InChI=1S/C35H39N3O5S/c1-5-43-25-16-14-24(15-17-25)36-32(40)28-27-18-22(4)35(44-27)29(28)34(42)38(26(19-39)23-12-7-6-8-13-23)31(35)33(41)37-30-20(2)10-9-11-21(30)3/h6-17,22,26-29,31,39H,5,18-19H2,1-4H3,(H,36,40)(H,37,41)/t22?,26-,27+,28-,29+,31?,35?/m1/s1. The number of carbonyl (C=O) groups excluding carboxylic acids is 3. The lowest BCUT2D eigenvalue weighted by atomic mass is 9.65. The number of ether oxygens (including phenoxy) is 1. The Labute approximate surface area is 262 Å². The molecule has 0 saturated carbocycles. The van der Waals surface area contributed by atoms with Crippen molar-refractivity contribution in [2.75, 3.05) is 23.8 Å². The van der Waals surface area contributed by atoms with Crippen LogP contribution in [0.15, 0.2) is 72.8 Å². The second-order valence-corrected chi connectivity index (χ2v) is 13.7. The molecule has 3 saturated heterocycles. The molecule has 3 aromatic rings. The Morgan fingerprint density at radius 2 is 1.68 bits per heavy atom. The molecule has 3 N–H and O–H groups in total. The van der Waals surface area contributed by atoms with E-state index in [0.29, 0.717) is 24.5 Å². The molecule has 3 aliphatic heterocycles. The molecule has 3 fully saturated rings. The number of para-hydroxylation sites is 1. The fraction of sp³-hybridized carbons (Fsp3) is 0.400. The molecular weight excluding hydrogens is 574 g/mol. The first-order valence-electron chi connectivity index (χ1n) is 15.3. The van der Waals surface area contributed by atoms with Gasteiger partial charge in [-0.3, -0.25) is 14.4 Å². The zero-order valence-electron chi connectivity index (χ0n) is 25.4. The van der Waals surface area contributed by atoms with Crippen LogP contribution in [0.2, 0.25) is 0 Å². The third-order valence-electron chi connectivity index (χ3n) is 9.59. The van der Waals surface area contributed by atoms with Crippen LogP contribution in [0.4, 0.5) is 11.4 Å². The number of aliphatic hydroxyl groups excluding tert-OH is 1. The minimum absolute atomic E-state index is 0.00481. The fourth-order valence-corrected chi connectivity index (χ4v) is 10.1. The van der Waals surface area contributed by atoms with E-state index in [4.69, 9.17) is 4.74 Å². The molecular formula is C35H39N3O5S. The highest BCUT2D eigenvalue weighted by molar-refractivity contribution is 8.02. The van der Waals surface area contributed by atoms with Crippen molar-refractivity contribution in [3.8, 4) is 5.75 Å². The second kappa shape index (κ2) is 11.9. The average Bonchev–Trinajstić information content (AvgIpc) is 3.61. The summed E-state index contributed by atoms with van der Waals surface area (Å²) in [6, 6.07) is 20.7. The Morgan fingerprint density at radius 3 is 2.32 bits per heavy atom. The van der Waals surface area contributed by atoms with Crippen LogP contribution in [-0.4, -0.2) is 57.0 Å². The van der Waals surface area contributed by atoms with E-state index in [9.17, 15) is 19.5 Å². The van der Waals surface area contributed by atoms with E-state index >= 15 is 0 Å². The summed E-state index contributed by atoms with van der Waals surface area (Å²) in [6.45, 7) is 8.09. The molecule has 0 radical (unpaired) electrons. The number of fused-ring (bicyclic) bond motifs is 1. The number of nitrogens with one attached hydrogen (secondary N) is 2. The van der Waals surface area contributed by atoms with E-state index < -0.39 is 28.7 Å². The van der Waals surface area contributed by atoms with Crippen LogP contribution in [-0.2, 0) is 14.4 Å². The molecule has 3 aliphatic rings. The van der Waals surface area contributed by atoms with Crippen LogP contribution in [0.3, 0.4) is 0 Å². The highest BCUT2D eigenvalue weighted by Gasteiger charge is 2.76. The number of aliphatic hydroxyl groups is 1. The van der Waals surface area contributed by atoms with Crippen molar-refractivity contribution in [1.29, 1.82) is 0 Å². The number of thioether (sulfide) groups is 1. The van der Waals surface area contributed by atoms with E-state index in [-0.39, 0.29) is 35.5 Å². The van der Waals surface area contributed by atoms with Gasteiger partial charge in [-0.15, -0.1) is 11.8 Å². The summed E-state index contributed by atoms with van der Waals surface area (Å²) in [5.74, 6) is -1.40. The Balaban J connectivity index is 1.40. The van der Waals surface area contributed by atoms with Crippen LogP contribution < -0.4 is 15.4 Å². The quantitative estimate of drug-likeness (QED) is 0.300. The van der Waals surface area contributed by atoms with E-state index in [2.05, 4.69) is 17.6 Å². The number of anilines is 2. The molecule has 3 heterocycles. The minimum Gasteiger partial charge on any atom is -0.494 e. The molecule has 0 aromatic heterocycles.